The maximum atomic E-state index is 14.4. The van der Waals surface area contributed by atoms with Gasteiger partial charge in [-0.2, -0.15) is 13.1 Å². The van der Waals surface area contributed by atoms with Gasteiger partial charge in [0.1, 0.15) is 30.6 Å². The van der Waals surface area contributed by atoms with E-state index in [-0.39, 0.29) is 76.8 Å². The lowest BCUT2D eigenvalue weighted by Gasteiger charge is -2.44. The van der Waals surface area contributed by atoms with Gasteiger partial charge in [-0.05, 0) is 128 Å². The van der Waals surface area contributed by atoms with Crippen molar-refractivity contribution in [3.05, 3.63) is 147 Å². The monoisotopic (exact) mass is 1000 g/mol. The number of benzene rings is 4. The number of fused-ring (bicyclic) bond motifs is 3. The molecule has 5 aromatic rings. The first-order valence-electron chi connectivity index (χ1n) is 23.4. The predicted molar refractivity (Wildman–Crippen MR) is 254 cm³/mol. The fourth-order valence-electron chi connectivity index (χ4n) is 9.51. The molecule has 1 saturated carbocycles. The van der Waals surface area contributed by atoms with E-state index in [2.05, 4.69) is 9.88 Å². The number of sulfonamides is 1. The Balaban J connectivity index is 0.896. The standard InChI is InChI=1S/C52H53Cl2F2N3O9S/c53-43-28-57-29-44(54)42(43)26-47(38-16-17-46(68-52(55)56)48(25-38)65-31-33-14-15-33)67-51(61)45-13-6-20-59(45)69(62,63)40-12-4-7-34(23-40)32-64-39-11-5-10-37(24-39)41(35-8-2-1-3-9-35)27-50(60)66-49-30-58-21-18-36(49)19-22-58/h1-5,7-12,16-17,23-25,28-29,33,36,41,45,47,49,52H,6,13-15,18-22,26-27,30-32H2/t41-,45-,47-,49-/m0/s1. The fraction of sp³-hybridized carbons (Fsp3) is 0.404. The molecule has 69 heavy (non-hydrogen) atoms. The van der Waals surface area contributed by atoms with Crippen LogP contribution in [0, 0.1) is 11.8 Å². The molecule has 0 unspecified atom stereocenters. The van der Waals surface area contributed by atoms with E-state index < -0.39 is 34.7 Å². The van der Waals surface area contributed by atoms with Gasteiger partial charge in [0, 0.05) is 37.8 Å². The predicted octanol–water partition coefficient (Wildman–Crippen LogP) is 10.2. The van der Waals surface area contributed by atoms with Gasteiger partial charge in [-0.25, -0.2) is 8.42 Å². The summed E-state index contributed by atoms with van der Waals surface area (Å²) in [6.45, 7) is 0.175. The largest absolute Gasteiger partial charge is 0.489 e. The van der Waals surface area contributed by atoms with Crippen molar-refractivity contribution in [2.45, 2.75) is 93.6 Å². The highest BCUT2D eigenvalue weighted by atomic mass is 35.5. The highest BCUT2D eigenvalue weighted by Crippen LogP contribution is 2.40. The molecule has 4 aromatic carbocycles. The number of esters is 2. The summed E-state index contributed by atoms with van der Waals surface area (Å²) >= 11 is 13.0. The fourth-order valence-corrected chi connectivity index (χ4v) is 11.7. The molecule has 5 heterocycles. The summed E-state index contributed by atoms with van der Waals surface area (Å²) in [7, 11) is -4.25. The van der Waals surface area contributed by atoms with Gasteiger partial charge in [0.25, 0.3) is 0 Å². The van der Waals surface area contributed by atoms with E-state index in [0.717, 1.165) is 60.7 Å². The van der Waals surface area contributed by atoms with E-state index in [4.69, 9.17) is 46.9 Å². The van der Waals surface area contributed by atoms with Gasteiger partial charge in [-0.1, -0.05) is 83.9 Å². The van der Waals surface area contributed by atoms with Crippen LogP contribution in [0.4, 0.5) is 8.78 Å². The molecular weight excluding hydrogens is 952 g/mol. The molecule has 4 atom stereocenters. The van der Waals surface area contributed by atoms with Gasteiger partial charge >= 0.3 is 18.6 Å². The van der Waals surface area contributed by atoms with Gasteiger partial charge in [0.15, 0.2) is 11.5 Å². The first-order chi connectivity index (χ1) is 33.4. The third-order valence-electron chi connectivity index (χ3n) is 13.4. The maximum Gasteiger partial charge on any atom is 0.387 e. The minimum absolute atomic E-state index is 0.0262. The Kier molecular flexibility index (Phi) is 15.4. The minimum atomic E-state index is -4.25. The van der Waals surface area contributed by atoms with Crippen molar-refractivity contribution < 1.29 is 50.5 Å². The first kappa shape index (κ1) is 48.7. The lowest BCUT2D eigenvalue weighted by Crippen LogP contribution is -2.52. The smallest absolute Gasteiger partial charge is 0.387 e. The van der Waals surface area contributed by atoms with E-state index in [1.807, 2.05) is 54.6 Å². The van der Waals surface area contributed by atoms with Crippen molar-refractivity contribution in [2.24, 2.45) is 11.8 Å². The topological polar surface area (TPSA) is 134 Å². The molecule has 0 N–H and O–H groups in total. The maximum absolute atomic E-state index is 14.4. The van der Waals surface area contributed by atoms with Crippen LogP contribution in [0.1, 0.15) is 84.8 Å². The molecule has 2 bridgehead atoms. The van der Waals surface area contributed by atoms with Crippen LogP contribution in [0.15, 0.2) is 114 Å². The number of halogens is 4. The molecular formula is C52H53Cl2F2N3O9S. The lowest BCUT2D eigenvalue weighted by molar-refractivity contribution is -0.159. The summed E-state index contributed by atoms with van der Waals surface area (Å²) in [6.07, 6.45) is 6.30. The van der Waals surface area contributed by atoms with Crippen LogP contribution in [0.2, 0.25) is 10.0 Å². The molecule has 10 rings (SSSR count). The molecule has 0 amide bonds. The van der Waals surface area contributed by atoms with Crippen LogP contribution in [0.25, 0.3) is 0 Å². The summed E-state index contributed by atoms with van der Waals surface area (Å²) in [5.41, 5.74) is 3.20. The van der Waals surface area contributed by atoms with E-state index in [1.54, 1.807) is 12.1 Å². The number of carbonyl (C=O) groups is 2. The minimum Gasteiger partial charge on any atom is -0.489 e. The Morgan fingerprint density at radius 2 is 1.54 bits per heavy atom. The normalized spacial score (nSPS) is 21.1. The van der Waals surface area contributed by atoms with E-state index >= 15 is 0 Å². The molecule has 5 aliphatic rings. The number of pyridine rings is 1. The third kappa shape index (κ3) is 12.0. The highest BCUT2D eigenvalue weighted by Gasteiger charge is 2.42. The van der Waals surface area contributed by atoms with Gasteiger partial charge in [0.2, 0.25) is 10.0 Å². The second-order valence-corrected chi connectivity index (χ2v) is 20.9. The molecule has 0 radical (unpaired) electrons. The zero-order valence-electron chi connectivity index (χ0n) is 37.8. The van der Waals surface area contributed by atoms with Crippen LogP contribution in [-0.4, -0.2) is 86.1 Å². The molecule has 364 valence electrons. The number of alkyl halides is 2. The van der Waals surface area contributed by atoms with Crippen LogP contribution >= 0.6 is 23.2 Å². The Bertz CT molecular complexity index is 2710. The molecule has 4 aliphatic heterocycles. The van der Waals surface area contributed by atoms with Crippen molar-refractivity contribution in [1.82, 2.24) is 14.2 Å². The Hall–Kier alpha value is -5.32. The van der Waals surface area contributed by atoms with E-state index in [1.165, 1.54) is 42.7 Å². The van der Waals surface area contributed by atoms with Crippen molar-refractivity contribution in [1.29, 1.82) is 0 Å². The Labute approximate surface area is 410 Å². The number of hydrogen-bond donors (Lipinski definition) is 0. The lowest BCUT2D eigenvalue weighted by atomic mass is 9.85. The Morgan fingerprint density at radius 3 is 2.26 bits per heavy atom. The van der Waals surface area contributed by atoms with Gasteiger partial charge < -0.3 is 23.7 Å². The van der Waals surface area contributed by atoms with Crippen LogP contribution in [0.5, 0.6) is 17.2 Å². The molecule has 12 nitrogen and oxygen atoms in total. The number of hydrogen-bond acceptors (Lipinski definition) is 11. The number of carbonyl (C=O) groups excluding carboxylic acids is 2. The molecule has 17 heteroatoms. The molecule has 5 fully saturated rings. The summed E-state index contributed by atoms with van der Waals surface area (Å²) < 4.78 is 86.0. The van der Waals surface area contributed by atoms with Crippen molar-refractivity contribution in [3.8, 4) is 17.2 Å². The molecule has 4 saturated heterocycles. The number of aromatic nitrogens is 1. The SMILES string of the molecule is O=C(C[C@@H](c1ccccc1)c1cccc(OCc2cccc(S(=O)(=O)N3CCC[C@H]3C(=O)O[C@@H](Cc3c(Cl)cncc3Cl)c3ccc(OC(F)F)c(OCC4CC4)c3)c2)c1)O[C@H]1CN2CCC1CC2. The van der Waals surface area contributed by atoms with E-state index in [9.17, 15) is 26.8 Å². The molecule has 1 aliphatic carbocycles. The summed E-state index contributed by atoms with van der Waals surface area (Å²) in [5.74, 6) is -0.237. The molecule has 0 spiro atoms. The zero-order chi connectivity index (χ0) is 48.1. The number of ether oxygens (including phenoxy) is 5. The Morgan fingerprint density at radius 1 is 0.783 bits per heavy atom. The highest BCUT2D eigenvalue weighted by molar-refractivity contribution is 7.89. The average Bonchev–Trinajstić information content (AvgIpc) is 4.05. The quantitative estimate of drug-likeness (QED) is 0.0690. The molecule has 1 aromatic heterocycles. The van der Waals surface area contributed by atoms with Crippen LogP contribution in [-0.2, 0) is 42.1 Å². The first-order valence-corrected chi connectivity index (χ1v) is 25.6. The zero-order valence-corrected chi connectivity index (χ0v) is 40.1. The number of piperidine rings is 3. The number of nitrogens with zero attached hydrogens (tertiary/aromatic N) is 3. The summed E-state index contributed by atoms with van der Waals surface area (Å²) in [5, 5.41) is 0.419. The number of rotatable bonds is 20. The van der Waals surface area contributed by atoms with Crippen LogP contribution < -0.4 is 14.2 Å². The summed E-state index contributed by atoms with van der Waals surface area (Å²) in [4.78, 5) is 34.1. The van der Waals surface area contributed by atoms with Crippen LogP contribution in [0.3, 0.4) is 0 Å². The second-order valence-electron chi connectivity index (χ2n) is 18.2. The summed E-state index contributed by atoms with van der Waals surface area (Å²) in [6, 6.07) is 26.9. The second kappa shape index (κ2) is 21.8. The van der Waals surface area contributed by atoms with Gasteiger partial charge in [-0.15, -0.1) is 0 Å². The average molecular weight is 1000 g/mol. The van der Waals surface area contributed by atoms with Crippen molar-refractivity contribution in [3.63, 3.8) is 0 Å². The van der Waals surface area contributed by atoms with Gasteiger partial charge in [0.05, 0.1) is 28.0 Å². The van der Waals surface area contributed by atoms with Gasteiger partial charge in [-0.3, -0.25) is 19.5 Å². The third-order valence-corrected chi connectivity index (χ3v) is 16.0. The van der Waals surface area contributed by atoms with Crippen molar-refractivity contribution >= 4 is 45.2 Å². The van der Waals surface area contributed by atoms with Crippen molar-refractivity contribution in [2.75, 3.05) is 32.8 Å². The van der Waals surface area contributed by atoms with E-state index in [0.29, 0.717) is 47.3 Å².